The molecule has 0 spiro atoms. The van der Waals surface area contributed by atoms with Crippen LogP contribution in [0.2, 0.25) is 0 Å². The lowest BCUT2D eigenvalue weighted by molar-refractivity contribution is 0.0976. The number of halogens is 1. The maximum absolute atomic E-state index is 12.6. The van der Waals surface area contributed by atoms with Gasteiger partial charge in [-0.2, -0.15) is 0 Å². The minimum absolute atomic E-state index is 0.0757. The highest BCUT2D eigenvalue weighted by Gasteiger charge is 2.17. The fourth-order valence-electron chi connectivity index (χ4n) is 2.64. The molecule has 0 amide bonds. The zero-order valence-electron chi connectivity index (χ0n) is 13.2. The van der Waals surface area contributed by atoms with Gasteiger partial charge in [-0.1, -0.05) is 82.7 Å². The number of hydrogen-bond acceptors (Lipinski definition) is 2. The van der Waals surface area contributed by atoms with E-state index in [1.807, 2.05) is 84.9 Å². The van der Waals surface area contributed by atoms with Gasteiger partial charge in [0.25, 0.3) is 0 Å². The number of nitrogens with one attached hydrogen (secondary N) is 1. The molecule has 0 aromatic heterocycles. The molecule has 0 saturated heterocycles. The topological polar surface area (TPSA) is 29.1 Å². The summed E-state index contributed by atoms with van der Waals surface area (Å²) in [6.45, 7) is 0. The number of anilines is 1. The van der Waals surface area contributed by atoms with Crippen molar-refractivity contribution < 1.29 is 4.79 Å². The minimum Gasteiger partial charge on any atom is -0.378 e. The summed E-state index contributed by atoms with van der Waals surface area (Å²) in [5.41, 5.74) is 2.83. The van der Waals surface area contributed by atoms with E-state index in [-0.39, 0.29) is 11.8 Å². The first-order valence-corrected chi connectivity index (χ1v) is 8.67. The van der Waals surface area contributed by atoms with Crippen LogP contribution in [0.5, 0.6) is 0 Å². The van der Waals surface area contributed by atoms with Crippen molar-refractivity contribution >= 4 is 27.4 Å². The molecular weight excluding hydrogens is 362 g/mol. The molecule has 0 aliphatic heterocycles. The molecule has 1 atom stereocenters. The van der Waals surface area contributed by atoms with E-state index in [9.17, 15) is 4.79 Å². The average molecular weight is 380 g/mol. The van der Waals surface area contributed by atoms with Crippen LogP contribution in [0.3, 0.4) is 0 Å². The van der Waals surface area contributed by atoms with Crippen LogP contribution < -0.4 is 5.32 Å². The molecule has 0 bridgehead atoms. The van der Waals surface area contributed by atoms with E-state index in [1.54, 1.807) is 0 Å². The number of carbonyl (C=O) groups excluding carboxylic acids is 1. The van der Waals surface area contributed by atoms with E-state index in [0.29, 0.717) is 6.42 Å². The summed E-state index contributed by atoms with van der Waals surface area (Å²) in [4.78, 5) is 12.6. The molecule has 3 heteroatoms. The van der Waals surface area contributed by atoms with E-state index < -0.39 is 0 Å². The lowest BCUT2D eigenvalue weighted by atomic mass is 9.97. The summed E-state index contributed by atoms with van der Waals surface area (Å²) in [7, 11) is 0. The fourth-order valence-corrected chi connectivity index (χ4v) is 3.04. The van der Waals surface area contributed by atoms with Crippen LogP contribution in [0.25, 0.3) is 0 Å². The molecule has 120 valence electrons. The van der Waals surface area contributed by atoms with Crippen LogP contribution in [0.1, 0.15) is 28.4 Å². The quantitative estimate of drug-likeness (QED) is 0.542. The second-order valence-corrected chi connectivity index (χ2v) is 6.53. The van der Waals surface area contributed by atoms with Crippen LogP contribution >= 0.6 is 15.9 Å². The van der Waals surface area contributed by atoms with Crippen LogP contribution in [0.15, 0.2) is 89.4 Å². The second-order valence-electron chi connectivity index (χ2n) is 5.61. The highest BCUT2D eigenvalue weighted by atomic mass is 79.9. The van der Waals surface area contributed by atoms with Crippen LogP contribution in [-0.2, 0) is 0 Å². The zero-order chi connectivity index (χ0) is 16.8. The molecule has 0 heterocycles. The first kappa shape index (κ1) is 16.5. The lowest BCUT2D eigenvalue weighted by Gasteiger charge is -2.20. The van der Waals surface area contributed by atoms with E-state index >= 15 is 0 Å². The van der Waals surface area contributed by atoms with Gasteiger partial charge in [0.2, 0.25) is 0 Å². The lowest BCUT2D eigenvalue weighted by Crippen LogP contribution is -2.15. The van der Waals surface area contributed by atoms with E-state index in [0.717, 1.165) is 21.3 Å². The summed E-state index contributed by atoms with van der Waals surface area (Å²) < 4.78 is 1.01. The summed E-state index contributed by atoms with van der Waals surface area (Å²) in [5.74, 6) is 0.131. The zero-order valence-corrected chi connectivity index (χ0v) is 14.7. The maximum atomic E-state index is 12.6. The molecule has 0 aliphatic rings. The second kappa shape index (κ2) is 7.93. The molecule has 0 aliphatic carbocycles. The smallest absolute Gasteiger partial charge is 0.165 e. The molecule has 0 saturated carbocycles. The Hall–Kier alpha value is -2.39. The van der Waals surface area contributed by atoms with Gasteiger partial charge in [0.15, 0.2) is 5.78 Å². The Morgan fingerprint density at radius 3 is 2.21 bits per heavy atom. The number of hydrogen-bond donors (Lipinski definition) is 1. The third kappa shape index (κ3) is 4.33. The molecule has 0 unspecified atom stereocenters. The largest absolute Gasteiger partial charge is 0.378 e. The Bertz CT molecular complexity index is 802. The van der Waals surface area contributed by atoms with E-state index in [4.69, 9.17) is 0 Å². The van der Waals surface area contributed by atoms with Gasteiger partial charge >= 0.3 is 0 Å². The van der Waals surface area contributed by atoms with Crippen molar-refractivity contribution in [2.75, 3.05) is 5.32 Å². The number of ketones is 1. The standard InChI is InChI=1S/C21H18BrNO/c22-18-12-7-13-19(14-18)23-20(16-8-3-1-4-9-16)15-21(24)17-10-5-2-6-11-17/h1-14,20,23H,15H2/t20-/m1/s1. The monoisotopic (exact) mass is 379 g/mol. The fraction of sp³-hybridized carbons (Fsp3) is 0.0952. The molecule has 1 N–H and O–H groups in total. The van der Waals surface area contributed by atoms with Gasteiger partial charge in [0.1, 0.15) is 0 Å². The predicted octanol–water partition coefficient (Wildman–Crippen LogP) is 5.88. The Morgan fingerprint density at radius 2 is 1.54 bits per heavy atom. The number of Topliss-reactive ketones (excluding diaryl/α,β-unsaturated/α-hetero) is 1. The minimum atomic E-state index is -0.0757. The highest BCUT2D eigenvalue weighted by Crippen LogP contribution is 2.26. The Morgan fingerprint density at radius 1 is 0.875 bits per heavy atom. The third-order valence-corrected chi connectivity index (χ3v) is 4.35. The van der Waals surface area contributed by atoms with E-state index in [1.165, 1.54) is 0 Å². The summed E-state index contributed by atoms with van der Waals surface area (Å²) >= 11 is 3.49. The van der Waals surface area contributed by atoms with Crippen LogP contribution in [0, 0.1) is 0 Å². The van der Waals surface area contributed by atoms with Crippen molar-refractivity contribution in [2.45, 2.75) is 12.5 Å². The summed E-state index contributed by atoms with van der Waals surface area (Å²) in [5, 5.41) is 3.49. The van der Waals surface area contributed by atoms with Crippen molar-refractivity contribution in [3.05, 3.63) is 101 Å². The first-order valence-electron chi connectivity index (χ1n) is 7.87. The van der Waals surface area contributed by atoms with Crippen molar-refractivity contribution in [2.24, 2.45) is 0 Å². The molecule has 0 fully saturated rings. The van der Waals surface area contributed by atoms with Gasteiger partial charge in [-0.3, -0.25) is 4.79 Å². The average Bonchev–Trinajstić information content (AvgIpc) is 2.63. The Labute approximate surface area is 150 Å². The third-order valence-electron chi connectivity index (χ3n) is 3.85. The predicted molar refractivity (Wildman–Crippen MR) is 102 cm³/mol. The Kier molecular flexibility index (Phi) is 5.44. The van der Waals surface area contributed by atoms with Crippen molar-refractivity contribution in [3.8, 4) is 0 Å². The number of benzene rings is 3. The van der Waals surface area contributed by atoms with Gasteiger partial charge in [-0.15, -0.1) is 0 Å². The number of carbonyl (C=O) groups is 1. The SMILES string of the molecule is O=C(C[C@@H](Nc1cccc(Br)c1)c1ccccc1)c1ccccc1. The molecule has 24 heavy (non-hydrogen) atoms. The molecule has 3 aromatic carbocycles. The van der Waals surface area contributed by atoms with Gasteiger partial charge < -0.3 is 5.32 Å². The maximum Gasteiger partial charge on any atom is 0.165 e. The van der Waals surface area contributed by atoms with Crippen molar-refractivity contribution in [1.82, 2.24) is 0 Å². The molecule has 3 aromatic rings. The van der Waals surface area contributed by atoms with E-state index in [2.05, 4.69) is 21.2 Å². The molecule has 2 nitrogen and oxygen atoms in total. The normalized spacial score (nSPS) is 11.7. The van der Waals surface area contributed by atoms with Gasteiger partial charge in [-0.25, -0.2) is 0 Å². The molecular formula is C21H18BrNO. The van der Waals surface area contributed by atoms with Gasteiger partial charge in [0.05, 0.1) is 6.04 Å². The van der Waals surface area contributed by atoms with Crippen LogP contribution in [-0.4, -0.2) is 5.78 Å². The van der Waals surface area contributed by atoms with Gasteiger partial charge in [-0.05, 0) is 23.8 Å². The van der Waals surface area contributed by atoms with Crippen molar-refractivity contribution in [1.29, 1.82) is 0 Å². The molecule has 0 radical (unpaired) electrons. The summed E-state index contributed by atoms with van der Waals surface area (Å²) in [6.07, 6.45) is 0.403. The summed E-state index contributed by atoms with van der Waals surface area (Å²) in [6, 6.07) is 27.4. The highest BCUT2D eigenvalue weighted by molar-refractivity contribution is 9.10. The van der Waals surface area contributed by atoms with Crippen LogP contribution in [0.4, 0.5) is 5.69 Å². The Balaban J connectivity index is 1.84. The first-order chi connectivity index (χ1) is 11.7. The number of rotatable bonds is 6. The van der Waals surface area contributed by atoms with Gasteiger partial charge in [0, 0.05) is 22.1 Å². The van der Waals surface area contributed by atoms with Crippen molar-refractivity contribution in [3.63, 3.8) is 0 Å². The molecule has 3 rings (SSSR count).